The van der Waals surface area contributed by atoms with Gasteiger partial charge in [0.15, 0.2) is 0 Å². The van der Waals surface area contributed by atoms with Crippen molar-refractivity contribution in [2.24, 2.45) is 5.73 Å². The molecule has 1 saturated heterocycles. The Morgan fingerprint density at radius 3 is 2.85 bits per heavy atom. The molecule has 1 aromatic heterocycles. The fraction of sp³-hybridized carbons (Fsp3) is 0.263. The molecule has 0 bridgehead atoms. The van der Waals surface area contributed by atoms with Gasteiger partial charge >= 0.3 is 0 Å². The van der Waals surface area contributed by atoms with Gasteiger partial charge in [-0.25, -0.2) is 13.5 Å². The zero-order valence-corrected chi connectivity index (χ0v) is 14.0. The Balaban J connectivity index is 1.70. The lowest BCUT2D eigenvalue weighted by Crippen LogP contribution is -2.36. The van der Waals surface area contributed by atoms with Crippen LogP contribution in [0.5, 0.6) is 0 Å². The number of primary amides is 1. The highest BCUT2D eigenvalue weighted by atomic mass is 19.1. The summed E-state index contributed by atoms with van der Waals surface area (Å²) in [6.07, 6.45) is 1.07. The second kappa shape index (κ2) is 6.49. The number of nitrogens with two attached hydrogens (primary N) is 1. The van der Waals surface area contributed by atoms with E-state index < -0.39 is 17.9 Å². The smallest absolute Gasteiger partial charge is 0.250 e. The topological polar surface area (TPSA) is 72.9 Å². The Labute approximate surface area is 148 Å². The van der Waals surface area contributed by atoms with Crippen LogP contribution >= 0.6 is 0 Å². The SMILES string of the molecule is NC(=O)c1cccc2cn(-c3ccc(C4CNCC(F)C4)c(F)c3)nc12. The lowest BCUT2D eigenvalue weighted by molar-refractivity contribution is 0.100. The number of carbonyl (C=O) groups excluding carboxylic acids is 1. The second-order valence-corrected chi connectivity index (χ2v) is 6.58. The van der Waals surface area contributed by atoms with Crippen LogP contribution in [-0.4, -0.2) is 34.9 Å². The van der Waals surface area contributed by atoms with Gasteiger partial charge in [0.25, 0.3) is 5.91 Å². The number of benzene rings is 2. The van der Waals surface area contributed by atoms with Crippen LogP contribution in [0.1, 0.15) is 28.3 Å². The largest absolute Gasteiger partial charge is 0.366 e. The van der Waals surface area contributed by atoms with Gasteiger partial charge in [-0.2, -0.15) is 5.10 Å². The summed E-state index contributed by atoms with van der Waals surface area (Å²) < 4.78 is 29.7. The van der Waals surface area contributed by atoms with E-state index in [2.05, 4.69) is 10.4 Å². The molecule has 4 rings (SSSR count). The molecule has 1 amide bonds. The van der Waals surface area contributed by atoms with Crippen molar-refractivity contribution < 1.29 is 13.6 Å². The van der Waals surface area contributed by atoms with Crippen molar-refractivity contribution >= 4 is 16.8 Å². The predicted molar refractivity (Wildman–Crippen MR) is 94.7 cm³/mol. The first-order valence-corrected chi connectivity index (χ1v) is 8.45. The molecule has 26 heavy (non-hydrogen) atoms. The Kier molecular flexibility index (Phi) is 4.16. The highest BCUT2D eigenvalue weighted by Crippen LogP contribution is 2.28. The number of alkyl halides is 1. The highest BCUT2D eigenvalue weighted by molar-refractivity contribution is 6.04. The average Bonchev–Trinajstić information content (AvgIpc) is 3.05. The quantitative estimate of drug-likeness (QED) is 0.758. The minimum atomic E-state index is -0.962. The van der Waals surface area contributed by atoms with Crippen molar-refractivity contribution in [3.8, 4) is 5.69 Å². The summed E-state index contributed by atoms with van der Waals surface area (Å²) in [5.41, 5.74) is 7.20. The number of aromatic nitrogens is 2. The molecule has 0 aliphatic carbocycles. The molecule has 1 fully saturated rings. The molecule has 1 aliphatic heterocycles. The predicted octanol–water partition coefficient (Wildman–Crippen LogP) is 2.68. The molecule has 2 atom stereocenters. The first-order valence-electron chi connectivity index (χ1n) is 8.45. The first-order chi connectivity index (χ1) is 12.5. The van der Waals surface area contributed by atoms with E-state index in [0.29, 0.717) is 41.8 Å². The van der Waals surface area contributed by atoms with E-state index >= 15 is 0 Å². The third-order valence-electron chi connectivity index (χ3n) is 4.79. The van der Waals surface area contributed by atoms with Crippen molar-refractivity contribution in [2.45, 2.75) is 18.5 Å². The number of rotatable bonds is 3. The molecule has 0 radical (unpaired) electrons. The Hall–Kier alpha value is -2.80. The molecular weight excluding hydrogens is 338 g/mol. The van der Waals surface area contributed by atoms with Gasteiger partial charge in [-0.3, -0.25) is 4.79 Å². The van der Waals surface area contributed by atoms with Gasteiger partial charge in [-0.05, 0) is 30.2 Å². The fourth-order valence-corrected chi connectivity index (χ4v) is 3.49. The van der Waals surface area contributed by atoms with Crippen LogP contribution in [0, 0.1) is 5.82 Å². The zero-order chi connectivity index (χ0) is 18.3. The molecule has 134 valence electrons. The highest BCUT2D eigenvalue weighted by Gasteiger charge is 2.25. The van der Waals surface area contributed by atoms with Gasteiger partial charge in [0.1, 0.15) is 17.5 Å². The van der Waals surface area contributed by atoms with Gasteiger partial charge in [-0.1, -0.05) is 18.2 Å². The summed E-state index contributed by atoms with van der Waals surface area (Å²) in [6, 6.07) is 9.95. The van der Waals surface area contributed by atoms with Crippen molar-refractivity contribution in [1.82, 2.24) is 15.1 Å². The molecule has 0 spiro atoms. The zero-order valence-electron chi connectivity index (χ0n) is 14.0. The Morgan fingerprint density at radius 1 is 1.27 bits per heavy atom. The summed E-state index contributed by atoms with van der Waals surface area (Å²) >= 11 is 0. The van der Waals surface area contributed by atoms with E-state index in [-0.39, 0.29) is 5.92 Å². The van der Waals surface area contributed by atoms with Gasteiger partial charge in [0, 0.05) is 30.6 Å². The molecule has 5 nitrogen and oxygen atoms in total. The first kappa shape index (κ1) is 16.7. The molecule has 3 aromatic rings. The van der Waals surface area contributed by atoms with Crippen LogP contribution in [0.15, 0.2) is 42.6 Å². The number of amides is 1. The van der Waals surface area contributed by atoms with Crippen molar-refractivity contribution in [1.29, 1.82) is 0 Å². The van der Waals surface area contributed by atoms with Crippen molar-refractivity contribution in [2.75, 3.05) is 13.1 Å². The summed E-state index contributed by atoms with van der Waals surface area (Å²) in [5.74, 6) is -1.14. The number of nitrogens with zero attached hydrogens (tertiary/aromatic N) is 2. The van der Waals surface area contributed by atoms with Crippen molar-refractivity contribution in [3.63, 3.8) is 0 Å². The average molecular weight is 356 g/mol. The summed E-state index contributed by atoms with van der Waals surface area (Å²) in [4.78, 5) is 11.5. The molecular formula is C19H18F2N4O. The summed E-state index contributed by atoms with van der Waals surface area (Å²) in [6.45, 7) is 0.878. The lowest BCUT2D eigenvalue weighted by atomic mass is 9.90. The van der Waals surface area contributed by atoms with Crippen LogP contribution in [0.2, 0.25) is 0 Å². The maximum atomic E-state index is 14.6. The second-order valence-electron chi connectivity index (χ2n) is 6.58. The van der Waals surface area contributed by atoms with E-state index in [1.807, 2.05) is 6.07 Å². The number of hydrogen-bond acceptors (Lipinski definition) is 3. The maximum Gasteiger partial charge on any atom is 0.250 e. The van der Waals surface area contributed by atoms with Crippen LogP contribution in [-0.2, 0) is 0 Å². The number of halogens is 2. The van der Waals surface area contributed by atoms with E-state index in [9.17, 15) is 13.6 Å². The molecule has 2 heterocycles. The van der Waals surface area contributed by atoms with Crippen LogP contribution in [0.4, 0.5) is 8.78 Å². The molecule has 3 N–H and O–H groups in total. The molecule has 1 aliphatic rings. The summed E-state index contributed by atoms with van der Waals surface area (Å²) in [7, 11) is 0. The minimum Gasteiger partial charge on any atom is -0.366 e. The molecule has 0 saturated carbocycles. The van der Waals surface area contributed by atoms with E-state index in [4.69, 9.17) is 5.73 Å². The van der Waals surface area contributed by atoms with E-state index in [1.165, 1.54) is 10.7 Å². The third-order valence-corrected chi connectivity index (χ3v) is 4.79. The number of fused-ring (bicyclic) bond motifs is 1. The molecule has 2 unspecified atom stereocenters. The summed E-state index contributed by atoms with van der Waals surface area (Å²) in [5, 5.41) is 8.10. The number of carbonyl (C=O) groups is 1. The Bertz CT molecular complexity index is 985. The minimum absolute atomic E-state index is 0.189. The maximum absolute atomic E-state index is 14.6. The molecule has 7 heteroatoms. The Morgan fingerprint density at radius 2 is 2.12 bits per heavy atom. The monoisotopic (exact) mass is 356 g/mol. The fourth-order valence-electron chi connectivity index (χ4n) is 3.49. The van der Waals surface area contributed by atoms with Crippen LogP contribution in [0.3, 0.4) is 0 Å². The van der Waals surface area contributed by atoms with E-state index in [0.717, 1.165) is 5.39 Å². The van der Waals surface area contributed by atoms with E-state index in [1.54, 1.807) is 30.5 Å². The van der Waals surface area contributed by atoms with Gasteiger partial charge in [-0.15, -0.1) is 0 Å². The van der Waals surface area contributed by atoms with Gasteiger partial charge in [0.05, 0.1) is 11.3 Å². The number of nitrogens with one attached hydrogen (secondary N) is 1. The van der Waals surface area contributed by atoms with Gasteiger partial charge in [0.2, 0.25) is 0 Å². The number of hydrogen-bond donors (Lipinski definition) is 2. The van der Waals surface area contributed by atoms with Gasteiger partial charge < -0.3 is 11.1 Å². The third kappa shape index (κ3) is 2.94. The lowest BCUT2D eigenvalue weighted by Gasteiger charge is -2.26. The van der Waals surface area contributed by atoms with Crippen molar-refractivity contribution in [3.05, 3.63) is 59.5 Å². The number of piperidine rings is 1. The van der Waals surface area contributed by atoms with Crippen LogP contribution < -0.4 is 11.1 Å². The van der Waals surface area contributed by atoms with Crippen LogP contribution in [0.25, 0.3) is 16.6 Å². The molecule has 2 aromatic carbocycles. The normalized spacial score (nSPS) is 20.4. The standard InChI is InChI=1S/C19H18F2N4O/c20-13-6-12(8-23-9-13)15-5-4-14(7-17(15)21)25-10-11-2-1-3-16(19(22)26)18(11)24-25/h1-5,7,10,12-13,23H,6,8-9H2,(H2,22,26).